The van der Waals surface area contributed by atoms with E-state index in [1.54, 1.807) is 19.2 Å². The van der Waals surface area contributed by atoms with Gasteiger partial charge in [-0.15, -0.1) is 24.0 Å². The number of nitrogens with zero attached hydrogens (tertiary/aromatic N) is 1. The number of guanidine groups is 1. The van der Waals surface area contributed by atoms with Gasteiger partial charge in [-0.05, 0) is 30.5 Å². The van der Waals surface area contributed by atoms with Crippen LogP contribution in [-0.4, -0.2) is 46.4 Å². The number of halogens is 2. The molecule has 172 valence electrons. The summed E-state index contributed by atoms with van der Waals surface area (Å²) < 4.78 is 43.6. The minimum absolute atomic E-state index is 0. The molecule has 2 N–H and O–H groups in total. The summed E-state index contributed by atoms with van der Waals surface area (Å²) >= 11 is 0. The van der Waals surface area contributed by atoms with Crippen LogP contribution in [0.15, 0.2) is 59.6 Å². The van der Waals surface area contributed by atoms with Crippen molar-refractivity contribution < 1.29 is 17.5 Å². The van der Waals surface area contributed by atoms with E-state index in [-0.39, 0.29) is 47.4 Å². The van der Waals surface area contributed by atoms with Gasteiger partial charge in [0.15, 0.2) is 15.8 Å². The molecule has 31 heavy (non-hydrogen) atoms. The van der Waals surface area contributed by atoms with Crippen molar-refractivity contribution in [2.45, 2.75) is 31.6 Å². The first-order valence-electron chi connectivity index (χ1n) is 10.0. The Bertz CT molecular complexity index is 911. The van der Waals surface area contributed by atoms with Gasteiger partial charge in [-0.3, -0.25) is 4.99 Å². The third kappa shape index (κ3) is 10.8. The topological polar surface area (TPSA) is 79.8 Å². The molecular weight excluding hydrogens is 532 g/mol. The van der Waals surface area contributed by atoms with Crippen molar-refractivity contribution in [3.8, 4) is 5.75 Å². The van der Waals surface area contributed by atoms with E-state index in [0.717, 1.165) is 12.0 Å². The van der Waals surface area contributed by atoms with Gasteiger partial charge >= 0.3 is 0 Å². The normalized spacial score (nSPS) is 12.5. The van der Waals surface area contributed by atoms with Crippen LogP contribution in [0.1, 0.15) is 25.3 Å². The molecule has 2 aromatic carbocycles. The third-order valence-corrected chi connectivity index (χ3v) is 6.11. The van der Waals surface area contributed by atoms with Gasteiger partial charge in [-0.25, -0.2) is 12.8 Å². The van der Waals surface area contributed by atoms with Crippen molar-refractivity contribution in [3.63, 3.8) is 0 Å². The van der Waals surface area contributed by atoms with E-state index in [1.807, 2.05) is 37.3 Å². The molecule has 0 aliphatic carbocycles. The smallest absolute Gasteiger partial charge is 0.191 e. The average Bonchev–Trinajstić information content (AvgIpc) is 2.72. The zero-order valence-electron chi connectivity index (χ0n) is 17.9. The minimum atomic E-state index is -3.16. The standard InChI is InChI=1S/C22H30FN3O3S.HI/c1-3-20(29-21-12-7-11-19(23)15-21)16-26-22(24-2)25-13-8-14-30(27,28)17-18-9-5-4-6-10-18;/h4-7,9-12,15,20H,3,8,13-14,16-17H2,1-2H3,(H2,24,25,26);1H. The summed E-state index contributed by atoms with van der Waals surface area (Å²) in [6.45, 7) is 2.95. The van der Waals surface area contributed by atoms with Crippen LogP contribution in [0.2, 0.25) is 0 Å². The summed E-state index contributed by atoms with van der Waals surface area (Å²) in [7, 11) is -1.51. The minimum Gasteiger partial charge on any atom is -0.489 e. The highest BCUT2D eigenvalue weighted by Crippen LogP contribution is 2.14. The number of rotatable bonds is 11. The van der Waals surface area contributed by atoms with E-state index in [0.29, 0.717) is 31.2 Å². The van der Waals surface area contributed by atoms with Crippen LogP contribution in [0.25, 0.3) is 0 Å². The first kappa shape index (κ1) is 27.2. The van der Waals surface area contributed by atoms with Crippen LogP contribution in [0.4, 0.5) is 4.39 Å². The lowest BCUT2D eigenvalue weighted by Gasteiger charge is -2.20. The van der Waals surface area contributed by atoms with Crippen LogP contribution in [0.5, 0.6) is 5.75 Å². The van der Waals surface area contributed by atoms with E-state index < -0.39 is 9.84 Å². The summed E-state index contributed by atoms with van der Waals surface area (Å²) in [6, 6.07) is 15.2. The molecule has 0 aliphatic rings. The van der Waals surface area contributed by atoms with Gasteiger partial charge in [0.1, 0.15) is 17.7 Å². The number of ether oxygens (including phenoxy) is 1. The van der Waals surface area contributed by atoms with Gasteiger partial charge < -0.3 is 15.4 Å². The molecule has 9 heteroatoms. The van der Waals surface area contributed by atoms with Crippen LogP contribution in [0, 0.1) is 5.82 Å². The Labute approximate surface area is 201 Å². The van der Waals surface area contributed by atoms with Crippen molar-refractivity contribution in [1.82, 2.24) is 10.6 Å². The van der Waals surface area contributed by atoms with E-state index in [4.69, 9.17) is 4.74 Å². The number of benzene rings is 2. The van der Waals surface area contributed by atoms with E-state index >= 15 is 0 Å². The summed E-state index contributed by atoms with van der Waals surface area (Å²) in [4.78, 5) is 4.15. The molecule has 2 rings (SSSR count). The molecule has 1 atom stereocenters. The second kappa shape index (κ2) is 14.2. The number of nitrogens with one attached hydrogen (secondary N) is 2. The molecule has 1 unspecified atom stereocenters. The largest absolute Gasteiger partial charge is 0.489 e. The Morgan fingerprint density at radius 3 is 2.52 bits per heavy atom. The number of sulfone groups is 1. The lowest BCUT2D eigenvalue weighted by Crippen LogP contribution is -2.43. The maximum atomic E-state index is 13.3. The molecule has 0 aromatic heterocycles. The quantitative estimate of drug-likeness (QED) is 0.188. The van der Waals surface area contributed by atoms with Crippen LogP contribution < -0.4 is 15.4 Å². The third-order valence-electron chi connectivity index (χ3n) is 4.43. The molecule has 0 amide bonds. The zero-order chi connectivity index (χ0) is 21.8. The molecule has 0 saturated heterocycles. The Kier molecular flexibility index (Phi) is 12.5. The van der Waals surface area contributed by atoms with Crippen molar-refractivity contribution >= 4 is 39.8 Å². The number of aliphatic imine (C=N–C) groups is 1. The fourth-order valence-corrected chi connectivity index (χ4v) is 4.26. The van der Waals surface area contributed by atoms with Crippen molar-refractivity contribution in [3.05, 3.63) is 66.0 Å². The molecule has 6 nitrogen and oxygen atoms in total. The first-order valence-corrected chi connectivity index (χ1v) is 11.8. The van der Waals surface area contributed by atoms with E-state index in [1.165, 1.54) is 12.1 Å². The summed E-state index contributed by atoms with van der Waals surface area (Å²) in [6.07, 6.45) is 1.06. The second-order valence-electron chi connectivity index (χ2n) is 6.92. The number of hydrogen-bond acceptors (Lipinski definition) is 4. The molecule has 0 fully saturated rings. The number of hydrogen-bond donors (Lipinski definition) is 2. The summed E-state index contributed by atoms with van der Waals surface area (Å²) in [5.41, 5.74) is 0.798. The Morgan fingerprint density at radius 2 is 1.87 bits per heavy atom. The molecular formula is C22H31FIN3O3S. The van der Waals surface area contributed by atoms with Gasteiger partial charge in [-0.2, -0.15) is 0 Å². The fraction of sp³-hybridized carbons (Fsp3) is 0.409. The average molecular weight is 563 g/mol. The fourth-order valence-electron chi connectivity index (χ4n) is 2.83. The van der Waals surface area contributed by atoms with Gasteiger partial charge in [0.2, 0.25) is 0 Å². The first-order chi connectivity index (χ1) is 14.4. The molecule has 0 aliphatic heterocycles. The predicted molar refractivity (Wildman–Crippen MR) is 134 cm³/mol. The lowest BCUT2D eigenvalue weighted by atomic mass is 10.2. The maximum Gasteiger partial charge on any atom is 0.191 e. The van der Waals surface area contributed by atoms with E-state index in [9.17, 15) is 12.8 Å². The van der Waals surface area contributed by atoms with Crippen molar-refractivity contribution in [1.29, 1.82) is 0 Å². The Hall–Kier alpha value is -1.88. The molecule has 0 radical (unpaired) electrons. The van der Waals surface area contributed by atoms with Gasteiger partial charge in [0.05, 0.1) is 18.1 Å². The molecule has 2 aromatic rings. The van der Waals surface area contributed by atoms with Crippen molar-refractivity contribution in [2.75, 3.05) is 25.9 Å². The highest BCUT2D eigenvalue weighted by molar-refractivity contribution is 14.0. The molecule has 0 saturated carbocycles. The molecule has 0 spiro atoms. The van der Waals surface area contributed by atoms with Gasteiger partial charge in [-0.1, -0.05) is 43.3 Å². The van der Waals surface area contributed by atoms with Crippen LogP contribution in [0.3, 0.4) is 0 Å². The molecule has 0 bridgehead atoms. The zero-order valence-corrected chi connectivity index (χ0v) is 21.0. The summed E-state index contributed by atoms with van der Waals surface area (Å²) in [5, 5.41) is 6.28. The monoisotopic (exact) mass is 563 g/mol. The van der Waals surface area contributed by atoms with Crippen LogP contribution in [-0.2, 0) is 15.6 Å². The predicted octanol–water partition coefficient (Wildman–Crippen LogP) is 3.77. The highest BCUT2D eigenvalue weighted by atomic mass is 127. The maximum absolute atomic E-state index is 13.3. The lowest BCUT2D eigenvalue weighted by molar-refractivity contribution is 0.199. The highest BCUT2D eigenvalue weighted by Gasteiger charge is 2.12. The second-order valence-corrected chi connectivity index (χ2v) is 9.10. The van der Waals surface area contributed by atoms with Gasteiger partial charge in [0, 0.05) is 19.7 Å². The van der Waals surface area contributed by atoms with Gasteiger partial charge in [0.25, 0.3) is 0 Å². The summed E-state index contributed by atoms with van der Waals surface area (Å²) in [5.74, 6) is 0.865. The van der Waals surface area contributed by atoms with Crippen molar-refractivity contribution in [2.24, 2.45) is 4.99 Å². The Balaban J connectivity index is 0.00000480. The Morgan fingerprint density at radius 1 is 1.13 bits per heavy atom. The van der Waals surface area contributed by atoms with E-state index in [2.05, 4.69) is 15.6 Å². The SMILES string of the molecule is CCC(CNC(=NC)NCCCS(=O)(=O)Cc1ccccc1)Oc1cccc(F)c1.I. The molecule has 0 heterocycles. The van der Waals surface area contributed by atoms with Crippen LogP contribution >= 0.6 is 24.0 Å².